The molecule has 0 aromatic carbocycles. The highest BCUT2D eigenvalue weighted by Crippen LogP contribution is 2.60. The molecule has 19 nitrogen and oxygen atoms in total. The maximum absolute atomic E-state index is 12.9. The molecule has 1 aromatic rings. The Morgan fingerprint density at radius 1 is 0.716 bits per heavy atom. The first-order valence-electron chi connectivity index (χ1n) is 27.1. The van der Waals surface area contributed by atoms with Crippen molar-refractivity contribution < 1.29 is 71.4 Å². The lowest BCUT2D eigenvalue weighted by atomic mass is 9.99. The number of aliphatic hydroxyl groups is 3. The summed E-state index contributed by atoms with van der Waals surface area (Å²) >= 11 is 0. The number of nitrogen functional groups attached to an aromatic ring is 1. The van der Waals surface area contributed by atoms with Crippen LogP contribution in [0.1, 0.15) is 194 Å². The number of hydrogen-bond acceptors (Lipinski definition) is 16. The second-order valence-electron chi connectivity index (χ2n) is 19.3. The molecule has 0 bridgehead atoms. The van der Waals surface area contributed by atoms with Crippen molar-refractivity contribution in [1.29, 1.82) is 0 Å². The molecule has 0 radical (unpaired) electrons. The van der Waals surface area contributed by atoms with Crippen LogP contribution in [0.15, 0.2) is 65.7 Å². The van der Waals surface area contributed by atoms with Crippen LogP contribution < -0.4 is 11.4 Å². The molecule has 1 fully saturated rings. The minimum absolute atomic E-state index is 0.0374. The highest BCUT2D eigenvalue weighted by Gasteiger charge is 2.46. The standard InChI is InChI=1S/C53H91N3O16P2/c1-4-43(2)34-30-26-22-18-14-10-8-9-12-16-20-24-28-32-36-48(58)67-40-45(70-49(59)37-33-29-25-21-17-13-7-5-6-11-15-19-23-27-31-35-44(3)57)41-68-73(63,64)72-74(65,66)69-42-46-50(60)51(61)52(71-46)56-39-38-47(54)55-53(56)62/h6-7,11,13,19,21,23,25,38-39,43-46,50-52,57,60-61H,4-5,8-10,12,14-18,20,22,24,26-37,40-42H2,1-3H3,(H,63,64)(H,65,66)(H2,54,55,62)/b11-6-,13-7-,23-19-,25-21-/t43?,44-,45+,46+,50+,51+,52+/m0/s1. The Morgan fingerprint density at radius 3 is 1.78 bits per heavy atom. The van der Waals surface area contributed by atoms with Crippen LogP contribution in [0.25, 0.3) is 0 Å². The average molecular weight is 1090 g/mol. The number of ether oxygens (including phenoxy) is 3. The van der Waals surface area contributed by atoms with Crippen molar-refractivity contribution in [1.82, 2.24) is 9.55 Å². The molecular weight excluding hydrogens is 997 g/mol. The molecule has 74 heavy (non-hydrogen) atoms. The molecule has 2 rings (SSSR count). The number of carbonyl (C=O) groups is 2. The van der Waals surface area contributed by atoms with Crippen LogP contribution in [-0.2, 0) is 46.3 Å². The van der Waals surface area contributed by atoms with E-state index in [-0.39, 0.29) is 24.8 Å². The Bertz CT molecular complexity index is 1960. The highest BCUT2D eigenvalue weighted by atomic mass is 31.3. The Balaban J connectivity index is 1.80. The van der Waals surface area contributed by atoms with Crippen LogP contribution in [0.2, 0.25) is 0 Å². The molecular formula is C53H91N3O16P2. The number of carbonyl (C=O) groups excluding carboxylic acids is 2. The third-order valence-electron chi connectivity index (χ3n) is 12.5. The van der Waals surface area contributed by atoms with E-state index in [0.717, 1.165) is 74.5 Å². The van der Waals surface area contributed by atoms with E-state index >= 15 is 0 Å². The second-order valence-corrected chi connectivity index (χ2v) is 22.3. The van der Waals surface area contributed by atoms with Gasteiger partial charge in [0.15, 0.2) is 12.3 Å². The predicted molar refractivity (Wildman–Crippen MR) is 285 cm³/mol. The fraction of sp³-hybridized carbons (Fsp3) is 0.736. The third-order valence-corrected chi connectivity index (χ3v) is 15.1. The third kappa shape index (κ3) is 33.0. The van der Waals surface area contributed by atoms with Gasteiger partial charge in [-0.2, -0.15) is 9.29 Å². The van der Waals surface area contributed by atoms with E-state index in [1.54, 1.807) is 6.92 Å². The maximum Gasteiger partial charge on any atom is 0.481 e. The van der Waals surface area contributed by atoms with Gasteiger partial charge in [0.05, 0.1) is 19.3 Å². The monoisotopic (exact) mass is 1090 g/mol. The first kappa shape index (κ1) is 66.8. The van der Waals surface area contributed by atoms with Crippen LogP contribution in [0.3, 0.4) is 0 Å². The van der Waals surface area contributed by atoms with Crippen LogP contribution in [-0.4, -0.2) is 96.9 Å². The predicted octanol–water partition coefficient (Wildman–Crippen LogP) is 10.6. The molecule has 1 aliphatic rings. The van der Waals surface area contributed by atoms with Gasteiger partial charge in [-0.05, 0) is 76.7 Å². The smallest absolute Gasteiger partial charge is 0.462 e. The molecule has 2 heterocycles. The van der Waals surface area contributed by atoms with Crippen LogP contribution >= 0.6 is 15.6 Å². The molecule has 424 valence electrons. The van der Waals surface area contributed by atoms with Gasteiger partial charge in [-0.1, -0.05) is 159 Å². The normalized spacial score (nSPS) is 20.1. The molecule has 9 atom stereocenters. The number of unbranched alkanes of at least 4 members (excludes halogenated alkanes) is 15. The fourth-order valence-corrected chi connectivity index (χ4v) is 10.00. The van der Waals surface area contributed by atoms with Gasteiger partial charge in [0, 0.05) is 19.0 Å². The lowest BCUT2D eigenvalue weighted by Crippen LogP contribution is -2.36. The quantitative estimate of drug-likeness (QED) is 0.0153. The van der Waals surface area contributed by atoms with E-state index in [0.29, 0.717) is 25.7 Å². The lowest BCUT2D eigenvalue weighted by molar-refractivity contribution is -0.161. The lowest BCUT2D eigenvalue weighted by Gasteiger charge is -2.21. The summed E-state index contributed by atoms with van der Waals surface area (Å²) in [6, 6.07) is 1.24. The molecule has 1 aromatic heterocycles. The fourth-order valence-electron chi connectivity index (χ4n) is 7.89. The van der Waals surface area contributed by atoms with Crippen molar-refractivity contribution in [3.05, 3.63) is 71.4 Å². The van der Waals surface area contributed by atoms with Crippen molar-refractivity contribution in [3.8, 4) is 0 Å². The van der Waals surface area contributed by atoms with Gasteiger partial charge in [0.1, 0.15) is 30.7 Å². The molecule has 3 unspecified atom stereocenters. The molecule has 0 saturated carbocycles. The van der Waals surface area contributed by atoms with Crippen LogP contribution in [0.5, 0.6) is 0 Å². The van der Waals surface area contributed by atoms with Crippen molar-refractivity contribution in [2.75, 3.05) is 25.6 Å². The number of hydrogen-bond donors (Lipinski definition) is 6. The van der Waals surface area contributed by atoms with Crippen molar-refractivity contribution in [3.63, 3.8) is 0 Å². The van der Waals surface area contributed by atoms with E-state index in [2.05, 4.69) is 53.5 Å². The van der Waals surface area contributed by atoms with Crippen molar-refractivity contribution >= 4 is 33.4 Å². The molecule has 0 amide bonds. The topological polar surface area (TPSA) is 286 Å². The Hall–Kier alpha value is -3.32. The van der Waals surface area contributed by atoms with E-state index in [4.69, 9.17) is 29.0 Å². The van der Waals surface area contributed by atoms with Crippen LogP contribution in [0, 0.1) is 5.92 Å². The van der Waals surface area contributed by atoms with Crippen molar-refractivity contribution in [2.24, 2.45) is 5.92 Å². The summed E-state index contributed by atoms with van der Waals surface area (Å²) in [5.74, 6) is -0.535. The molecule has 0 aliphatic carbocycles. The number of aromatic nitrogens is 2. The Kier molecular flexibility index (Phi) is 36.1. The zero-order valence-corrected chi connectivity index (χ0v) is 46.2. The first-order chi connectivity index (χ1) is 35.4. The summed E-state index contributed by atoms with van der Waals surface area (Å²) in [6.07, 6.45) is 34.6. The molecule has 1 aliphatic heterocycles. The summed E-state index contributed by atoms with van der Waals surface area (Å²) in [7, 11) is -10.9. The number of nitrogens with two attached hydrogens (primary N) is 1. The molecule has 0 spiro atoms. The summed E-state index contributed by atoms with van der Waals surface area (Å²) < 4.78 is 56.8. The number of rotatable bonds is 44. The largest absolute Gasteiger partial charge is 0.481 e. The zero-order valence-electron chi connectivity index (χ0n) is 44.4. The van der Waals surface area contributed by atoms with Gasteiger partial charge in [0.25, 0.3) is 0 Å². The minimum Gasteiger partial charge on any atom is -0.462 e. The van der Waals surface area contributed by atoms with Gasteiger partial charge < -0.3 is 45.1 Å². The zero-order chi connectivity index (χ0) is 54.5. The number of phosphoric acid groups is 2. The van der Waals surface area contributed by atoms with E-state index in [1.165, 1.54) is 76.7 Å². The summed E-state index contributed by atoms with van der Waals surface area (Å²) in [6.45, 7) is 4.02. The minimum atomic E-state index is -5.44. The summed E-state index contributed by atoms with van der Waals surface area (Å²) in [4.78, 5) is 62.0. The number of phosphoric ester groups is 2. The molecule has 7 N–H and O–H groups in total. The van der Waals surface area contributed by atoms with Gasteiger partial charge in [0.2, 0.25) is 0 Å². The van der Waals surface area contributed by atoms with Gasteiger partial charge >= 0.3 is 33.3 Å². The molecule has 1 saturated heterocycles. The number of aliphatic hydroxyl groups excluding tert-OH is 3. The first-order valence-corrected chi connectivity index (χ1v) is 30.1. The van der Waals surface area contributed by atoms with Gasteiger partial charge in [-0.3, -0.25) is 23.2 Å². The van der Waals surface area contributed by atoms with Gasteiger partial charge in [-0.15, -0.1) is 0 Å². The number of esters is 2. The average Bonchev–Trinajstić information content (AvgIpc) is 3.63. The summed E-state index contributed by atoms with van der Waals surface area (Å²) in [5.41, 5.74) is 4.59. The van der Waals surface area contributed by atoms with E-state index in [9.17, 15) is 48.6 Å². The van der Waals surface area contributed by atoms with E-state index < -0.39 is 83.7 Å². The van der Waals surface area contributed by atoms with Crippen molar-refractivity contribution in [2.45, 2.75) is 224 Å². The Labute approximate surface area is 440 Å². The SMILES string of the molecule is CCC(C)CCCCCCCCCCCCCCCCC(=O)OC[C@H](COP(=O)(O)OP(=O)(O)OC[C@H]1O[C@@H](n2ccc(N)nc2=O)[C@H](O)[C@@H]1O)OC(=O)CCC/C=C\C/C=C\C/C=C\C/C=C\CCC[C@H](C)O. The molecule has 21 heteroatoms. The van der Waals surface area contributed by atoms with E-state index in [1.807, 2.05) is 18.2 Å². The highest BCUT2D eigenvalue weighted by molar-refractivity contribution is 7.61. The summed E-state index contributed by atoms with van der Waals surface area (Å²) in [5, 5.41) is 30.2. The Morgan fingerprint density at radius 2 is 1.23 bits per heavy atom. The van der Waals surface area contributed by atoms with Gasteiger partial charge in [-0.25, -0.2) is 13.9 Å². The van der Waals surface area contributed by atoms with Crippen LogP contribution in [0.4, 0.5) is 5.82 Å². The maximum atomic E-state index is 12.9. The second kappa shape index (κ2) is 40.0. The number of nitrogens with zero attached hydrogens (tertiary/aromatic N) is 2. The number of allylic oxidation sites excluding steroid dienone is 8. The number of anilines is 1.